The van der Waals surface area contributed by atoms with Gasteiger partial charge in [0.25, 0.3) is 0 Å². The molecule has 94 valence electrons. The summed E-state index contributed by atoms with van der Waals surface area (Å²) in [6, 6.07) is 11.7. The van der Waals surface area contributed by atoms with Crippen LogP contribution in [0.1, 0.15) is 23.0 Å². The smallest absolute Gasteiger partial charge is 0.176 e. The molecule has 3 N–H and O–H groups in total. The van der Waals surface area contributed by atoms with Crippen molar-refractivity contribution in [2.75, 3.05) is 11.1 Å². The molecule has 4 nitrogen and oxygen atoms in total. The molecule has 0 aliphatic heterocycles. The molecule has 4 heteroatoms. The molecule has 0 aliphatic carbocycles. The van der Waals surface area contributed by atoms with E-state index >= 15 is 0 Å². The fourth-order valence-corrected chi connectivity index (χ4v) is 1.97. The highest BCUT2D eigenvalue weighted by Gasteiger charge is 2.12. The third-order valence-corrected chi connectivity index (χ3v) is 2.93. The summed E-state index contributed by atoms with van der Waals surface area (Å²) in [7, 11) is 1.83. The average Bonchev–Trinajstić information content (AvgIpc) is 2.64. The van der Waals surface area contributed by atoms with Gasteiger partial charge in [-0.25, -0.2) is 0 Å². The Morgan fingerprint density at radius 2 is 2.00 bits per heavy atom. The number of nitrogens with one attached hydrogen (secondary N) is 1. The molecule has 1 heterocycles. The predicted molar refractivity (Wildman–Crippen MR) is 73.6 cm³/mol. The van der Waals surface area contributed by atoms with Crippen molar-refractivity contribution in [3.63, 3.8) is 0 Å². The van der Waals surface area contributed by atoms with Gasteiger partial charge in [0, 0.05) is 20.5 Å². The summed E-state index contributed by atoms with van der Waals surface area (Å²) in [5.41, 5.74) is 8.29. The van der Waals surface area contributed by atoms with Crippen LogP contribution in [0.5, 0.6) is 0 Å². The number of hydrogen-bond donors (Lipinski definition) is 2. The van der Waals surface area contributed by atoms with E-state index in [9.17, 15) is 4.79 Å². The first-order valence-corrected chi connectivity index (χ1v) is 5.83. The summed E-state index contributed by atoms with van der Waals surface area (Å²) in [6.07, 6.45) is 0. The van der Waals surface area contributed by atoms with Crippen LogP contribution < -0.4 is 11.1 Å². The minimum Gasteiger partial charge on any atom is -0.396 e. The molecule has 18 heavy (non-hydrogen) atoms. The van der Waals surface area contributed by atoms with Crippen molar-refractivity contribution in [3.8, 4) is 0 Å². The Hall–Kier alpha value is -2.23. The lowest BCUT2D eigenvalue weighted by Gasteiger charge is -2.10. The van der Waals surface area contributed by atoms with E-state index in [1.807, 2.05) is 37.4 Å². The van der Waals surface area contributed by atoms with E-state index in [1.165, 1.54) is 12.5 Å². The number of Topliss-reactive ketones (excluding diaryl/α,β-unsaturated/α-hetero) is 1. The molecule has 0 saturated heterocycles. The van der Waals surface area contributed by atoms with Crippen LogP contribution in [0, 0.1) is 0 Å². The summed E-state index contributed by atoms with van der Waals surface area (Å²) < 4.78 is 1.79. The van der Waals surface area contributed by atoms with Crippen molar-refractivity contribution in [3.05, 3.63) is 47.7 Å². The number of nitrogens with zero attached hydrogens (tertiary/aromatic N) is 1. The molecule has 2 aromatic rings. The van der Waals surface area contributed by atoms with Crippen molar-refractivity contribution in [2.24, 2.45) is 7.05 Å². The van der Waals surface area contributed by atoms with Gasteiger partial charge < -0.3 is 15.6 Å². The van der Waals surface area contributed by atoms with Gasteiger partial charge in [0.05, 0.1) is 11.4 Å². The third kappa shape index (κ3) is 2.37. The minimum absolute atomic E-state index is 0.0111. The second-order valence-electron chi connectivity index (χ2n) is 4.29. The van der Waals surface area contributed by atoms with Crippen LogP contribution in [-0.4, -0.2) is 10.4 Å². The van der Waals surface area contributed by atoms with Crippen LogP contribution in [0.4, 0.5) is 11.5 Å². The van der Waals surface area contributed by atoms with Gasteiger partial charge in [0.15, 0.2) is 5.78 Å². The maximum atomic E-state index is 11.4. The Morgan fingerprint density at radius 3 is 2.56 bits per heavy atom. The van der Waals surface area contributed by atoms with Crippen molar-refractivity contribution in [1.29, 1.82) is 0 Å². The SMILES string of the molecule is CC(=O)c1cc(N)c(NCc2ccccc2)n1C. The first kappa shape index (κ1) is 12.2. The molecule has 2 rings (SSSR count). The molecule has 1 aromatic heterocycles. The summed E-state index contributed by atoms with van der Waals surface area (Å²) in [5.74, 6) is 0.793. The second-order valence-corrected chi connectivity index (χ2v) is 4.29. The fourth-order valence-electron chi connectivity index (χ4n) is 1.97. The van der Waals surface area contributed by atoms with E-state index in [1.54, 1.807) is 10.6 Å². The van der Waals surface area contributed by atoms with E-state index < -0.39 is 0 Å². The van der Waals surface area contributed by atoms with Gasteiger partial charge in [0.1, 0.15) is 5.82 Å². The number of aromatic nitrogens is 1. The van der Waals surface area contributed by atoms with Gasteiger partial charge in [0.2, 0.25) is 0 Å². The Kier molecular flexibility index (Phi) is 3.37. The summed E-state index contributed by atoms with van der Waals surface area (Å²) in [5, 5.41) is 3.26. The van der Waals surface area contributed by atoms with Crippen LogP contribution in [0.3, 0.4) is 0 Å². The van der Waals surface area contributed by atoms with Gasteiger partial charge in [-0.05, 0) is 11.6 Å². The Bertz CT molecular complexity index is 558. The van der Waals surface area contributed by atoms with E-state index in [0.29, 0.717) is 17.9 Å². The van der Waals surface area contributed by atoms with Crippen molar-refractivity contribution < 1.29 is 4.79 Å². The molecule has 0 atom stereocenters. The summed E-state index contributed by atoms with van der Waals surface area (Å²) in [4.78, 5) is 11.4. The zero-order chi connectivity index (χ0) is 13.1. The first-order valence-electron chi connectivity index (χ1n) is 5.83. The number of anilines is 2. The van der Waals surface area contributed by atoms with Gasteiger partial charge in [-0.1, -0.05) is 30.3 Å². The highest BCUT2D eigenvalue weighted by molar-refractivity contribution is 5.95. The lowest BCUT2D eigenvalue weighted by Crippen LogP contribution is -2.08. The topological polar surface area (TPSA) is 60.1 Å². The largest absolute Gasteiger partial charge is 0.396 e. The van der Waals surface area contributed by atoms with Crippen LogP contribution in [0.2, 0.25) is 0 Å². The van der Waals surface area contributed by atoms with Crippen LogP contribution in [0.25, 0.3) is 0 Å². The fraction of sp³-hybridized carbons (Fsp3) is 0.214. The molecule has 0 fully saturated rings. The molecule has 0 aliphatic rings. The number of nitrogens with two attached hydrogens (primary N) is 1. The Morgan fingerprint density at radius 1 is 1.33 bits per heavy atom. The van der Waals surface area contributed by atoms with E-state index in [-0.39, 0.29) is 5.78 Å². The van der Waals surface area contributed by atoms with E-state index in [0.717, 1.165) is 5.82 Å². The van der Waals surface area contributed by atoms with Crippen molar-refractivity contribution in [1.82, 2.24) is 4.57 Å². The molecule has 0 unspecified atom stereocenters. The van der Waals surface area contributed by atoms with Crippen molar-refractivity contribution in [2.45, 2.75) is 13.5 Å². The number of carbonyl (C=O) groups is 1. The quantitative estimate of drug-likeness (QED) is 0.811. The molecule has 0 amide bonds. The normalized spacial score (nSPS) is 10.3. The second kappa shape index (κ2) is 4.96. The highest BCUT2D eigenvalue weighted by Crippen LogP contribution is 2.23. The van der Waals surface area contributed by atoms with Gasteiger partial charge in [-0.2, -0.15) is 0 Å². The number of benzene rings is 1. The minimum atomic E-state index is 0.0111. The molecular formula is C14H17N3O. The summed E-state index contributed by atoms with van der Waals surface area (Å²) in [6.45, 7) is 2.22. The predicted octanol–water partition coefficient (Wildman–Crippen LogP) is 2.42. The maximum absolute atomic E-state index is 11.4. The highest BCUT2D eigenvalue weighted by atomic mass is 16.1. The lowest BCUT2D eigenvalue weighted by atomic mass is 10.2. The third-order valence-electron chi connectivity index (χ3n) is 2.93. The average molecular weight is 243 g/mol. The number of ketones is 1. The first-order chi connectivity index (χ1) is 8.59. The Labute approximate surface area is 106 Å². The monoisotopic (exact) mass is 243 g/mol. The zero-order valence-electron chi connectivity index (χ0n) is 10.6. The molecular weight excluding hydrogens is 226 g/mol. The zero-order valence-corrected chi connectivity index (χ0v) is 10.6. The Balaban J connectivity index is 2.17. The van der Waals surface area contributed by atoms with Crippen LogP contribution in [-0.2, 0) is 13.6 Å². The number of hydrogen-bond acceptors (Lipinski definition) is 3. The standard InChI is InChI=1S/C14H17N3O/c1-10(18)13-8-12(15)14(17(13)2)16-9-11-6-4-3-5-7-11/h3-8,16H,9,15H2,1-2H3. The summed E-state index contributed by atoms with van der Waals surface area (Å²) >= 11 is 0. The molecule has 0 spiro atoms. The number of nitrogen functional groups attached to an aromatic ring is 1. The van der Waals surface area contributed by atoms with Gasteiger partial charge >= 0.3 is 0 Å². The van der Waals surface area contributed by atoms with Crippen molar-refractivity contribution >= 4 is 17.3 Å². The number of rotatable bonds is 4. The lowest BCUT2D eigenvalue weighted by molar-refractivity contribution is 0.101. The van der Waals surface area contributed by atoms with Crippen LogP contribution in [0.15, 0.2) is 36.4 Å². The molecule has 1 aromatic carbocycles. The number of carbonyl (C=O) groups excluding carboxylic acids is 1. The van der Waals surface area contributed by atoms with Gasteiger partial charge in [-0.3, -0.25) is 4.79 Å². The molecule has 0 saturated carbocycles. The van der Waals surface area contributed by atoms with E-state index in [2.05, 4.69) is 5.32 Å². The van der Waals surface area contributed by atoms with E-state index in [4.69, 9.17) is 5.73 Å². The molecule has 0 radical (unpaired) electrons. The van der Waals surface area contributed by atoms with Gasteiger partial charge in [-0.15, -0.1) is 0 Å². The van der Waals surface area contributed by atoms with Crippen LogP contribution >= 0.6 is 0 Å². The molecule has 0 bridgehead atoms. The maximum Gasteiger partial charge on any atom is 0.176 e.